The summed E-state index contributed by atoms with van der Waals surface area (Å²) in [5, 5.41) is 6.89. The average molecular weight is 452 g/mol. The largest absolute Gasteiger partial charge is 0.487 e. The molecule has 1 aliphatic rings. The number of halogens is 1. The van der Waals surface area contributed by atoms with Gasteiger partial charge in [0.05, 0.1) is 5.56 Å². The van der Waals surface area contributed by atoms with Gasteiger partial charge in [-0.1, -0.05) is 0 Å². The van der Waals surface area contributed by atoms with E-state index in [9.17, 15) is 14.0 Å². The second kappa shape index (κ2) is 8.23. The van der Waals surface area contributed by atoms with E-state index >= 15 is 0 Å². The summed E-state index contributed by atoms with van der Waals surface area (Å²) >= 11 is 0. The molecule has 0 saturated heterocycles. The maximum Gasteiger partial charge on any atom is 0.257 e. The lowest BCUT2D eigenvalue weighted by molar-refractivity contribution is 0.0822. The number of rotatable bonds is 5. The highest BCUT2D eigenvalue weighted by Crippen LogP contribution is 2.43. The van der Waals surface area contributed by atoms with Gasteiger partial charge in [0.2, 0.25) is 0 Å². The fourth-order valence-corrected chi connectivity index (χ4v) is 3.64. The van der Waals surface area contributed by atoms with Crippen molar-refractivity contribution in [1.29, 1.82) is 0 Å². The Hall–Kier alpha value is -3.88. The molecule has 2 amide bonds. The highest BCUT2D eigenvalue weighted by atomic mass is 19.1. The van der Waals surface area contributed by atoms with E-state index in [4.69, 9.17) is 9.47 Å². The maximum atomic E-state index is 14.6. The molecule has 2 aromatic carbocycles. The van der Waals surface area contributed by atoms with Crippen molar-refractivity contribution >= 4 is 17.6 Å². The lowest BCUT2D eigenvalue weighted by Crippen LogP contribution is -2.24. The first-order valence-corrected chi connectivity index (χ1v) is 10.4. The first-order chi connectivity index (χ1) is 15.5. The van der Waals surface area contributed by atoms with Crippen LogP contribution < -0.4 is 14.8 Å². The molecule has 0 radical (unpaired) electrons. The molecule has 33 heavy (non-hydrogen) atoms. The van der Waals surface area contributed by atoms with Gasteiger partial charge in [0.15, 0.2) is 5.82 Å². The number of amides is 2. The van der Waals surface area contributed by atoms with Crippen LogP contribution in [-0.4, -0.2) is 46.2 Å². The van der Waals surface area contributed by atoms with E-state index in [1.165, 1.54) is 17.0 Å². The maximum absolute atomic E-state index is 14.6. The molecule has 1 aromatic heterocycles. The first kappa shape index (κ1) is 22.3. The minimum atomic E-state index is -0.691. The lowest BCUT2D eigenvalue weighted by atomic mass is 9.99. The molecule has 3 aromatic rings. The van der Waals surface area contributed by atoms with Crippen molar-refractivity contribution in [3.05, 3.63) is 65.1 Å². The Kier molecular flexibility index (Phi) is 5.57. The van der Waals surface area contributed by atoms with Crippen LogP contribution in [0.4, 0.5) is 10.2 Å². The Morgan fingerprint density at radius 2 is 1.97 bits per heavy atom. The number of aryl methyl sites for hydroxylation is 1. The number of nitrogens with one attached hydrogen (secondary N) is 1. The van der Waals surface area contributed by atoms with Crippen LogP contribution >= 0.6 is 0 Å². The molecule has 0 unspecified atom stereocenters. The van der Waals surface area contributed by atoms with E-state index in [2.05, 4.69) is 10.4 Å². The molecule has 1 aliphatic heterocycles. The Labute approximate surface area is 190 Å². The van der Waals surface area contributed by atoms with Crippen LogP contribution in [0.25, 0.3) is 0 Å². The molecule has 0 spiro atoms. The van der Waals surface area contributed by atoms with E-state index in [-0.39, 0.29) is 17.2 Å². The van der Waals surface area contributed by atoms with Crippen LogP contribution in [0.15, 0.2) is 42.6 Å². The number of ether oxygens (including phenoxy) is 2. The van der Waals surface area contributed by atoms with Crippen LogP contribution in [0.5, 0.6) is 17.2 Å². The number of hydrogen-bond acceptors (Lipinski definition) is 5. The normalized spacial score (nSPS) is 13.8. The van der Waals surface area contributed by atoms with E-state index in [1.807, 2.05) is 13.8 Å². The number of aromatic nitrogens is 2. The van der Waals surface area contributed by atoms with Gasteiger partial charge in [-0.25, -0.2) is 4.39 Å². The van der Waals surface area contributed by atoms with Crippen molar-refractivity contribution in [1.82, 2.24) is 14.7 Å². The standard InChI is InChI=1S/C24H25FN4O4/c1-24(2)13-17-19(32-15-6-7-16(18(25)12-15)23(31)28(3)4)10-14(11-20(17)33-24)22(30)26-21-8-9-29(5)27-21/h6-12H,13H2,1-5H3,(H,26,27,30). The molecule has 8 nitrogen and oxygen atoms in total. The fraction of sp³-hybridized carbons (Fsp3) is 0.292. The van der Waals surface area contributed by atoms with Gasteiger partial charge < -0.3 is 19.7 Å². The third-order valence-corrected chi connectivity index (χ3v) is 5.18. The summed E-state index contributed by atoms with van der Waals surface area (Å²) in [7, 11) is 4.86. The molecule has 0 saturated carbocycles. The van der Waals surface area contributed by atoms with Crippen molar-refractivity contribution in [3.63, 3.8) is 0 Å². The molecular weight excluding hydrogens is 427 g/mol. The van der Waals surface area contributed by atoms with Crippen molar-refractivity contribution in [2.75, 3.05) is 19.4 Å². The minimum absolute atomic E-state index is 0.0504. The highest BCUT2D eigenvalue weighted by molar-refractivity contribution is 6.04. The van der Waals surface area contributed by atoms with Gasteiger partial charge in [-0.15, -0.1) is 0 Å². The highest BCUT2D eigenvalue weighted by Gasteiger charge is 2.34. The van der Waals surface area contributed by atoms with Crippen molar-refractivity contribution in [3.8, 4) is 17.2 Å². The van der Waals surface area contributed by atoms with Gasteiger partial charge in [0, 0.05) is 57.0 Å². The number of carbonyl (C=O) groups excluding carboxylic acids is 2. The number of fused-ring (bicyclic) bond motifs is 1. The zero-order valence-corrected chi connectivity index (χ0v) is 19.1. The van der Waals surface area contributed by atoms with Crippen LogP contribution in [0, 0.1) is 5.82 Å². The third kappa shape index (κ3) is 4.67. The monoisotopic (exact) mass is 452 g/mol. The number of nitrogens with zero attached hydrogens (tertiary/aromatic N) is 3. The topological polar surface area (TPSA) is 85.7 Å². The number of benzene rings is 2. The van der Waals surface area contributed by atoms with Gasteiger partial charge in [-0.3, -0.25) is 14.3 Å². The zero-order chi connectivity index (χ0) is 23.9. The molecule has 1 N–H and O–H groups in total. The Balaban J connectivity index is 1.67. The predicted octanol–water partition coefficient (Wildman–Crippen LogP) is 4.02. The first-order valence-electron chi connectivity index (χ1n) is 10.4. The molecule has 172 valence electrons. The quantitative estimate of drug-likeness (QED) is 0.632. The smallest absolute Gasteiger partial charge is 0.257 e. The Morgan fingerprint density at radius 3 is 2.61 bits per heavy atom. The number of carbonyl (C=O) groups is 2. The van der Waals surface area contributed by atoms with Crippen LogP contribution in [0.1, 0.15) is 40.1 Å². The van der Waals surface area contributed by atoms with Gasteiger partial charge in [-0.05, 0) is 38.1 Å². The van der Waals surface area contributed by atoms with Gasteiger partial charge in [0.1, 0.15) is 28.7 Å². The lowest BCUT2D eigenvalue weighted by Gasteiger charge is -2.16. The van der Waals surface area contributed by atoms with Crippen LogP contribution in [-0.2, 0) is 13.5 Å². The average Bonchev–Trinajstić information content (AvgIpc) is 3.28. The summed E-state index contributed by atoms with van der Waals surface area (Å²) in [4.78, 5) is 26.3. The van der Waals surface area contributed by atoms with Crippen molar-refractivity contribution < 1.29 is 23.5 Å². The molecule has 9 heteroatoms. The second-order valence-corrected chi connectivity index (χ2v) is 8.76. The molecule has 0 fully saturated rings. The van der Waals surface area contributed by atoms with E-state index in [0.717, 1.165) is 11.6 Å². The van der Waals surface area contributed by atoms with Crippen LogP contribution in [0.2, 0.25) is 0 Å². The van der Waals surface area contributed by atoms with E-state index < -0.39 is 17.3 Å². The SMILES string of the molecule is CN(C)C(=O)c1ccc(Oc2cc(C(=O)Nc3ccn(C)n3)cc3c2CC(C)(C)O3)cc1F. The summed E-state index contributed by atoms with van der Waals surface area (Å²) in [6.07, 6.45) is 2.28. The van der Waals surface area contributed by atoms with Crippen LogP contribution in [0.3, 0.4) is 0 Å². The number of anilines is 1. The molecule has 2 heterocycles. The van der Waals surface area contributed by atoms with Gasteiger partial charge in [0.25, 0.3) is 11.8 Å². The summed E-state index contributed by atoms with van der Waals surface area (Å²) in [6, 6.07) is 9.00. The minimum Gasteiger partial charge on any atom is -0.487 e. The fourth-order valence-electron chi connectivity index (χ4n) is 3.64. The summed E-state index contributed by atoms with van der Waals surface area (Å²) < 4.78 is 28.2. The van der Waals surface area contributed by atoms with Crippen molar-refractivity contribution in [2.24, 2.45) is 7.05 Å². The summed E-state index contributed by atoms with van der Waals surface area (Å²) in [6.45, 7) is 3.87. The molecule has 0 atom stereocenters. The van der Waals surface area contributed by atoms with Crippen molar-refractivity contribution in [2.45, 2.75) is 25.9 Å². The number of hydrogen-bond donors (Lipinski definition) is 1. The Bertz CT molecular complexity index is 1250. The molecule has 4 rings (SSSR count). The van der Waals surface area contributed by atoms with Gasteiger partial charge in [-0.2, -0.15) is 5.10 Å². The predicted molar refractivity (Wildman–Crippen MR) is 121 cm³/mol. The van der Waals surface area contributed by atoms with E-state index in [0.29, 0.717) is 29.3 Å². The van der Waals surface area contributed by atoms with E-state index in [1.54, 1.807) is 50.2 Å². The Morgan fingerprint density at radius 1 is 1.21 bits per heavy atom. The molecule has 0 aliphatic carbocycles. The zero-order valence-electron chi connectivity index (χ0n) is 19.1. The molecular formula is C24H25FN4O4. The summed E-state index contributed by atoms with van der Waals surface area (Å²) in [5.74, 6) is 0.0188. The third-order valence-electron chi connectivity index (χ3n) is 5.18. The summed E-state index contributed by atoms with van der Waals surface area (Å²) in [5.41, 5.74) is 0.560. The second-order valence-electron chi connectivity index (χ2n) is 8.76. The van der Waals surface area contributed by atoms with Gasteiger partial charge >= 0.3 is 0 Å². The molecule has 0 bridgehead atoms.